The minimum atomic E-state index is -2.95. The molecule has 0 aliphatic carbocycles. The van der Waals surface area contributed by atoms with E-state index in [2.05, 4.69) is 12.2 Å². The molecular weight excluding hydrogens is 350 g/mol. The highest BCUT2D eigenvalue weighted by molar-refractivity contribution is 6.62. The van der Waals surface area contributed by atoms with Crippen LogP contribution in [-0.4, -0.2) is 51.4 Å². The molecule has 0 heterocycles. The van der Waals surface area contributed by atoms with Crippen molar-refractivity contribution in [2.75, 3.05) is 19.8 Å². The molecular formula is C19H41NO5Si. The number of unbranched alkanes of at least 4 members (excludes halogenated alkanes) is 2. The van der Waals surface area contributed by atoms with Crippen molar-refractivity contribution in [1.29, 1.82) is 0 Å². The van der Waals surface area contributed by atoms with Gasteiger partial charge in [0, 0.05) is 26.2 Å². The van der Waals surface area contributed by atoms with E-state index in [-0.39, 0.29) is 17.7 Å². The number of carbonyl (C=O) groups excluding carboxylic acids is 1. The summed E-state index contributed by atoms with van der Waals surface area (Å²) in [5.41, 5.74) is -0.246. The molecule has 0 radical (unpaired) electrons. The van der Waals surface area contributed by atoms with E-state index in [1.807, 2.05) is 27.7 Å². The number of hydrogen-bond acceptors (Lipinski definition) is 5. The van der Waals surface area contributed by atoms with Crippen LogP contribution < -0.4 is 5.32 Å². The van der Waals surface area contributed by atoms with Gasteiger partial charge in [-0.05, 0) is 46.5 Å². The first-order chi connectivity index (χ1) is 12.5. The molecule has 26 heavy (non-hydrogen) atoms. The van der Waals surface area contributed by atoms with Crippen LogP contribution in [0.3, 0.4) is 0 Å². The summed E-state index contributed by atoms with van der Waals surface area (Å²) in [4.78, 5) is 12.4. The standard InChI is InChI=1S/C19H41NO5Si/c1-6-11-12-14-17(21)15-13-16-18(22)20-19(7-2)26(23-8-3,24-9-4)25-10-5/h17,19,21H,6-16H2,1-5H3,(H,20,22). The van der Waals surface area contributed by atoms with Gasteiger partial charge in [0.15, 0.2) is 0 Å². The predicted molar refractivity (Wildman–Crippen MR) is 107 cm³/mol. The van der Waals surface area contributed by atoms with Crippen molar-refractivity contribution in [3.63, 3.8) is 0 Å². The van der Waals surface area contributed by atoms with Crippen molar-refractivity contribution in [3.05, 3.63) is 0 Å². The van der Waals surface area contributed by atoms with Crippen molar-refractivity contribution in [1.82, 2.24) is 5.32 Å². The lowest BCUT2D eigenvalue weighted by Crippen LogP contribution is -2.62. The summed E-state index contributed by atoms with van der Waals surface area (Å²) in [7, 11) is -2.95. The molecule has 2 N–H and O–H groups in total. The zero-order chi connectivity index (χ0) is 19.8. The molecule has 0 bridgehead atoms. The minimum absolute atomic E-state index is 0.0337. The molecule has 2 unspecified atom stereocenters. The number of aliphatic hydroxyl groups excluding tert-OH is 1. The minimum Gasteiger partial charge on any atom is -0.393 e. The van der Waals surface area contributed by atoms with Gasteiger partial charge in [-0.2, -0.15) is 0 Å². The summed E-state index contributed by atoms with van der Waals surface area (Å²) in [6.07, 6.45) is 6.30. The quantitative estimate of drug-likeness (QED) is 0.293. The lowest BCUT2D eigenvalue weighted by Gasteiger charge is -2.35. The lowest BCUT2D eigenvalue weighted by atomic mass is 10.1. The van der Waals surface area contributed by atoms with Crippen molar-refractivity contribution in [2.45, 2.75) is 97.8 Å². The van der Waals surface area contributed by atoms with Crippen LogP contribution in [0.15, 0.2) is 0 Å². The summed E-state index contributed by atoms with van der Waals surface area (Å²) in [6.45, 7) is 11.3. The van der Waals surface area contributed by atoms with Crippen LogP contribution >= 0.6 is 0 Å². The van der Waals surface area contributed by atoms with Gasteiger partial charge in [-0.25, -0.2) is 0 Å². The van der Waals surface area contributed by atoms with E-state index >= 15 is 0 Å². The van der Waals surface area contributed by atoms with Crippen LogP contribution in [0.25, 0.3) is 0 Å². The Bertz CT molecular complexity index is 340. The van der Waals surface area contributed by atoms with E-state index in [0.29, 0.717) is 45.5 Å². The summed E-state index contributed by atoms with van der Waals surface area (Å²) < 4.78 is 17.7. The summed E-state index contributed by atoms with van der Waals surface area (Å²) in [6, 6.07) is 0. The Hall–Kier alpha value is -0.473. The maximum absolute atomic E-state index is 12.4. The highest BCUT2D eigenvalue weighted by Gasteiger charge is 2.49. The Balaban J connectivity index is 4.54. The predicted octanol–water partition coefficient (Wildman–Crippen LogP) is 3.58. The normalized spacial score (nSPS) is 14.2. The molecule has 1 amide bonds. The van der Waals surface area contributed by atoms with E-state index in [0.717, 1.165) is 25.7 Å². The number of carbonyl (C=O) groups is 1. The fraction of sp³-hybridized carbons (Fsp3) is 0.947. The third kappa shape index (κ3) is 10.0. The van der Waals surface area contributed by atoms with Gasteiger partial charge in [0.25, 0.3) is 0 Å². The molecule has 0 rings (SSSR count). The first kappa shape index (κ1) is 25.5. The number of amides is 1. The fourth-order valence-electron chi connectivity index (χ4n) is 3.01. The molecule has 0 fully saturated rings. The van der Waals surface area contributed by atoms with E-state index in [1.54, 1.807) is 0 Å². The first-order valence-electron chi connectivity index (χ1n) is 10.4. The topological polar surface area (TPSA) is 77.0 Å². The smallest absolute Gasteiger partial charge is 0.393 e. The van der Waals surface area contributed by atoms with Crippen molar-refractivity contribution < 1.29 is 23.2 Å². The third-order valence-electron chi connectivity index (χ3n) is 4.29. The average molecular weight is 392 g/mol. The second-order valence-corrected chi connectivity index (χ2v) is 9.24. The van der Waals surface area contributed by atoms with Crippen LogP contribution in [0.5, 0.6) is 0 Å². The zero-order valence-corrected chi connectivity index (χ0v) is 18.5. The van der Waals surface area contributed by atoms with Crippen LogP contribution in [0, 0.1) is 0 Å². The molecule has 0 spiro atoms. The van der Waals surface area contributed by atoms with E-state index < -0.39 is 8.80 Å². The lowest BCUT2D eigenvalue weighted by molar-refractivity contribution is -0.122. The Morgan fingerprint density at radius 2 is 1.46 bits per heavy atom. The largest absolute Gasteiger partial charge is 0.524 e. The highest BCUT2D eigenvalue weighted by atomic mass is 28.4. The van der Waals surface area contributed by atoms with Crippen LogP contribution in [0.1, 0.15) is 86.0 Å². The Morgan fingerprint density at radius 3 is 1.92 bits per heavy atom. The molecule has 156 valence electrons. The molecule has 0 aromatic carbocycles. The van der Waals surface area contributed by atoms with E-state index in [4.69, 9.17) is 13.3 Å². The average Bonchev–Trinajstić information content (AvgIpc) is 2.60. The van der Waals surface area contributed by atoms with Gasteiger partial charge in [-0.3, -0.25) is 4.79 Å². The second-order valence-electron chi connectivity index (χ2n) is 6.47. The molecule has 0 aromatic rings. The Kier molecular flexibility index (Phi) is 15.3. The summed E-state index contributed by atoms with van der Waals surface area (Å²) >= 11 is 0. The van der Waals surface area contributed by atoms with Crippen LogP contribution in [-0.2, 0) is 18.1 Å². The number of hydrogen-bond donors (Lipinski definition) is 2. The van der Waals surface area contributed by atoms with Crippen LogP contribution in [0.4, 0.5) is 0 Å². The van der Waals surface area contributed by atoms with Crippen molar-refractivity contribution >= 4 is 14.7 Å². The number of rotatable bonds is 17. The molecule has 0 saturated carbocycles. The van der Waals surface area contributed by atoms with Gasteiger partial charge in [0.2, 0.25) is 5.91 Å². The van der Waals surface area contributed by atoms with Gasteiger partial charge in [0.1, 0.15) is 0 Å². The van der Waals surface area contributed by atoms with E-state index in [1.165, 1.54) is 0 Å². The molecule has 6 nitrogen and oxygen atoms in total. The second kappa shape index (κ2) is 15.6. The summed E-state index contributed by atoms with van der Waals surface area (Å²) in [5, 5.41) is 13.0. The van der Waals surface area contributed by atoms with Crippen LogP contribution in [0.2, 0.25) is 0 Å². The first-order valence-corrected chi connectivity index (χ1v) is 12.2. The molecule has 0 saturated heterocycles. The molecule has 7 heteroatoms. The van der Waals surface area contributed by atoms with Gasteiger partial charge in [-0.15, -0.1) is 0 Å². The highest BCUT2D eigenvalue weighted by Crippen LogP contribution is 2.18. The molecule has 0 aliphatic heterocycles. The fourth-order valence-corrected chi connectivity index (χ4v) is 5.91. The van der Waals surface area contributed by atoms with Gasteiger partial charge >= 0.3 is 8.80 Å². The van der Waals surface area contributed by atoms with Crippen molar-refractivity contribution in [3.8, 4) is 0 Å². The number of aliphatic hydroxyl groups is 1. The molecule has 0 aliphatic rings. The molecule has 2 atom stereocenters. The monoisotopic (exact) mass is 391 g/mol. The maximum atomic E-state index is 12.4. The third-order valence-corrected chi connectivity index (χ3v) is 7.77. The summed E-state index contributed by atoms with van der Waals surface area (Å²) in [5.74, 6) is -0.0337. The zero-order valence-electron chi connectivity index (χ0n) is 17.5. The van der Waals surface area contributed by atoms with E-state index in [9.17, 15) is 9.90 Å². The Morgan fingerprint density at radius 1 is 0.923 bits per heavy atom. The maximum Gasteiger partial charge on any atom is 0.524 e. The number of nitrogens with one attached hydrogen (secondary N) is 1. The van der Waals surface area contributed by atoms with Gasteiger partial charge < -0.3 is 23.7 Å². The van der Waals surface area contributed by atoms with Gasteiger partial charge in [-0.1, -0.05) is 33.1 Å². The van der Waals surface area contributed by atoms with Crippen molar-refractivity contribution in [2.24, 2.45) is 0 Å². The SMILES string of the molecule is CCCCCC(O)CCCC(=O)NC(CC)[Si](OCC)(OCC)OCC. The van der Waals surface area contributed by atoms with Gasteiger partial charge in [0.05, 0.1) is 11.8 Å². The molecule has 0 aromatic heterocycles. The Labute approximate surface area is 161 Å².